The van der Waals surface area contributed by atoms with Crippen LogP contribution in [-0.2, 0) is 0 Å². The molecule has 0 bridgehead atoms. The van der Waals surface area contributed by atoms with Crippen LogP contribution in [0.3, 0.4) is 0 Å². The van der Waals surface area contributed by atoms with Gasteiger partial charge in [0.25, 0.3) is 0 Å². The maximum atomic E-state index is 13.1. The van der Waals surface area contributed by atoms with Gasteiger partial charge >= 0.3 is 0 Å². The zero-order chi connectivity index (χ0) is 10.0. The molecule has 0 saturated heterocycles. The SMILES string of the molecule is COc1cc(Br)c(F)c(C#N)c1O. The molecule has 0 saturated carbocycles. The molecule has 0 spiro atoms. The third-order valence-electron chi connectivity index (χ3n) is 1.49. The van der Waals surface area contributed by atoms with Gasteiger partial charge in [-0.25, -0.2) is 4.39 Å². The van der Waals surface area contributed by atoms with E-state index in [2.05, 4.69) is 15.9 Å². The number of phenolic OH excluding ortho intramolecular Hbond substituents is 1. The zero-order valence-electron chi connectivity index (χ0n) is 6.64. The number of hydrogen-bond donors (Lipinski definition) is 1. The van der Waals surface area contributed by atoms with Crippen LogP contribution in [0.4, 0.5) is 4.39 Å². The van der Waals surface area contributed by atoms with Crippen LogP contribution in [0.1, 0.15) is 5.56 Å². The van der Waals surface area contributed by atoms with E-state index in [1.807, 2.05) is 0 Å². The van der Waals surface area contributed by atoms with Crippen molar-refractivity contribution in [3.8, 4) is 17.6 Å². The lowest BCUT2D eigenvalue weighted by molar-refractivity contribution is 0.369. The number of nitrogens with zero attached hydrogens (tertiary/aromatic N) is 1. The molecule has 0 heterocycles. The van der Waals surface area contributed by atoms with Crippen molar-refractivity contribution >= 4 is 15.9 Å². The van der Waals surface area contributed by atoms with Gasteiger partial charge in [0.15, 0.2) is 17.3 Å². The van der Waals surface area contributed by atoms with E-state index in [4.69, 9.17) is 10.00 Å². The number of benzene rings is 1. The highest BCUT2D eigenvalue weighted by atomic mass is 79.9. The van der Waals surface area contributed by atoms with Crippen LogP contribution in [0.5, 0.6) is 11.5 Å². The van der Waals surface area contributed by atoms with Gasteiger partial charge in [0, 0.05) is 6.07 Å². The zero-order valence-corrected chi connectivity index (χ0v) is 8.22. The standard InChI is InChI=1S/C8H5BrFNO2/c1-13-6-2-5(9)7(10)4(3-11)8(6)12/h2,12H,1H3. The van der Waals surface area contributed by atoms with Gasteiger partial charge < -0.3 is 9.84 Å². The number of hydrogen-bond acceptors (Lipinski definition) is 3. The summed E-state index contributed by atoms with van der Waals surface area (Å²) in [5.74, 6) is -1.21. The maximum absolute atomic E-state index is 13.1. The molecule has 0 unspecified atom stereocenters. The van der Waals surface area contributed by atoms with Crippen LogP contribution in [-0.4, -0.2) is 12.2 Å². The number of methoxy groups -OCH3 is 1. The average molecular weight is 246 g/mol. The summed E-state index contributed by atoms with van der Waals surface area (Å²) in [6, 6.07) is 2.80. The highest BCUT2D eigenvalue weighted by Gasteiger charge is 2.16. The van der Waals surface area contributed by atoms with Crippen LogP contribution < -0.4 is 4.74 Å². The molecule has 3 nitrogen and oxygen atoms in total. The number of halogens is 2. The molecule has 0 atom stereocenters. The Bertz CT molecular complexity index is 387. The van der Waals surface area contributed by atoms with Crippen molar-refractivity contribution in [1.29, 1.82) is 5.26 Å². The van der Waals surface area contributed by atoms with Gasteiger partial charge in [-0.1, -0.05) is 0 Å². The van der Waals surface area contributed by atoms with E-state index >= 15 is 0 Å². The third-order valence-corrected chi connectivity index (χ3v) is 2.07. The topological polar surface area (TPSA) is 53.2 Å². The van der Waals surface area contributed by atoms with E-state index in [9.17, 15) is 9.50 Å². The van der Waals surface area contributed by atoms with Gasteiger partial charge in [-0.2, -0.15) is 5.26 Å². The highest BCUT2D eigenvalue weighted by Crippen LogP contribution is 2.35. The molecule has 0 radical (unpaired) electrons. The summed E-state index contributed by atoms with van der Waals surface area (Å²) in [4.78, 5) is 0. The maximum Gasteiger partial charge on any atom is 0.178 e. The molecule has 68 valence electrons. The molecule has 1 aromatic rings. The van der Waals surface area contributed by atoms with Gasteiger partial charge in [0.05, 0.1) is 11.6 Å². The van der Waals surface area contributed by atoms with Crippen molar-refractivity contribution in [2.45, 2.75) is 0 Å². The minimum Gasteiger partial charge on any atom is -0.503 e. The first-order valence-electron chi connectivity index (χ1n) is 3.26. The van der Waals surface area contributed by atoms with Crippen molar-refractivity contribution in [1.82, 2.24) is 0 Å². The Morgan fingerprint density at radius 2 is 2.31 bits per heavy atom. The average Bonchev–Trinajstić information content (AvgIpc) is 2.12. The van der Waals surface area contributed by atoms with E-state index in [0.29, 0.717) is 0 Å². The first-order chi connectivity index (χ1) is 6.11. The first kappa shape index (κ1) is 9.81. The predicted molar refractivity (Wildman–Crippen MR) is 47.0 cm³/mol. The Balaban J connectivity index is 3.50. The molecule has 0 aliphatic rings. The fourth-order valence-electron chi connectivity index (χ4n) is 0.851. The molecule has 0 amide bonds. The Labute approximate surface area is 82.5 Å². The quantitative estimate of drug-likeness (QED) is 0.826. The molecule has 1 N–H and O–H groups in total. The Morgan fingerprint density at radius 1 is 1.69 bits per heavy atom. The van der Waals surface area contributed by atoms with E-state index in [-0.39, 0.29) is 10.2 Å². The van der Waals surface area contributed by atoms with Crippen molar-refractivity contribution in [3.63, 3.8) is 0 Å². The van der Waals surface area contributed by atoms with Crippen LogP contribution >= 0.6 is 15.9 Å². The minimum atomic E-state index is -0.791. The summed E-state index contributed by atoms with van der Waals surface area (Å²) < 4.78 is 17.9. The Hall–Kier alpha value is -1.28. The summed E-state index contributed by atoms with van der Waals surface area (Å²) in [6.45, 7) is 0. The van der Waals surface area contributed by atoms with E-state index < -0.39 is 17.1 Å². The number of phenols is 1. The van der Waals surface area contributed by atoms with Crippen LogP contribution in [0.15, 0.2) is 10.5 Å². The van der Waals surface area contributed by atoms with Crippen molar-refractivity contribution in [3.05, 3.63) is 21.9 Å². The van der Waals surface area contributed by atoms with Crippen LogP contribution in [0, 0.1) is 17.1 Å². The summed E-state index contributed by atoms with van der Waals surface area (Å²) in [5, 5.41) is 17.8. The van der Waals surface area contributed by atoms with Gasteiger partial charge in [-0.05, 0) is 15.9 Å². The van der Waals surface area contributed by atoms with Gasteiger partial charge in [0.1, 0.15) is 11.6 Å². The smallest absolute Gasteiger partial charge is 0.178 e. The molecule has 5 heteroatoms. The summed E-state index contributed by atoms with van der Waals surface area (Å²) in [6.07, 6.45) is 0. The lowest BCUT2D eigenvalue weighted by Crippen LogP contribution is -1.91. The Morgan fingerprint density at radius 3 is 2.77 bits per heavy atom. The second kappa shape index (κ2) is 3.62. The molecular weight excluding hydrogens is 241 g/mol. The monoisotopic (exact) mass is 245 g/mol. The highest BCUT2D eigenvalue weighted by molar-refractivity contribution is 9.10. The molecule has 0 fully saturated rings. The van der Waals surface area contributed by atoms with E-state index in [1.165, 1.54) is 13.2 Å². The second-order valence-electron chi connectivity index (χ2n) is 2.21. The third kappa shape index (κ3) is 1.58. The minimum absolute atomic E-state index is 0.0600. The molecule has 1 aromatic carbocycles. The number of nitriles is 1. The van der Waals surface area contributed by atoms with Crippen molar-refractivity contribution < 1.29 is 14.2 Å². The fraction of sp³-hybridized carbons (Fsp3) is 0.125. The van der Waals surface area contributed by atoms with Crippen molar-refractivity contribution in [2.24, 2.45) is 0 Å². The van der Waals surface area contributed by atoms with Gasteiger partial charge in [-0.3, -0.25) is 0 Å². The number of rotatable bonds is 1. The summed E-state index contributed by atoms with van der Waals surface area (Å²) in [5.41, 5.74) is -0.425. The van der Waals surface area contributed by atoms with Crippen LogP contribution in [0.2, 0.25) is 0 Å². The lowest BCUT2D eigenvalue weighted by Gasteiger charge is -2.06. The molecule has 13 heavy (non-hydrogen) atoms. The number of aromatic hydroxyl groups is 1. The molecule has 0 aliphatic heterocycles. The predicted octanol–water partition coefficient (Wildman–Crippen LogP) is 2.17. The van der Waals surface area contributed by atoms with Crippen LogP contribution in [0.25, 0.3) is 0 Å². The molecule has 1 rings (SSSR count). The second-order valence-corrected chi connectivity index (χ2v) is 3.06. The van der Waals surface area contributed by atoms with E-state index in [1.54, 1.807) is 6.07 Å². The molecule has 0 aromatic heterocycles. The molecular formula is C8H5BrFNO2. The normalized spacial score (nSPS) is 9.38. The fourth-order valence-corrected chi connectivity index (χ4v) is 1.26. The Kier molecular flexibility index (Phi) is 2.73. The van der Waals surface area contributed by atoms with Crippen molar-refractivity contribution in [2.75, 3.05) is 7.11 Å². The number of ether oxygens (including phenoxy) is 1. The first-order valence-corrected chi connectivity index (χ1v) is 4.06. The van der Waals surface area contributed by atoms with Gasteiger partial charge in [-0.15, -0.1) is 0 Å². The summed E-state index contributed by atoms with van der Waals surface area (Å²) >= 11 is 2.90. The summed E-state index contributed by atoms with van der Waals surface area (Å²) in [7, 11) is 1.32. The molecule has 0 aliphatic carbocycles. The lowest BCUT2D eigenvalue weighted by atomic mass is 10.2. The largest absolute Gasteiger partial charge is 0.503 e. The van der Waals surface area contributed by atoms with Gasteiger partial charge in [0.2, 0.25) is 0 Å². The van der Waals surface area contributed by atoms with E-state index in [0.717, 1.165) is 0 Å².